The molecule has 4 heterocycles. The van der Waals surface area contributed by atoms with Gasteiger partial charge in [0.15, 0.2) is 0 Å². The van der Waals surface area contributed by atoms with E-state index in [1.54, 1.807) is 11.1 Å². The first kappa shape index (κ1) is 19.7. The number of fused-ring (bicyclic) bond motifs is 1. The second-order valence-corrected chi connectivity index (χ2v) is 8.21. The fourth-order valence-electron chi connectivity index (χ4n) is 3.97. The van der Waals surface area contributed by atoms with Crippen molar-refractivity contribution in [1.82, 2.24) is 9.97 Å². The van der Waals surface area contributed by atoms with Gasteiger partial charge in [0.25, 0.3) is 5.92 Å². The molecule has 2 aromatic heterocycles. The van der Waals surface area contributed by atoms with Gasteiger partial charge in [0.05, 0.1) is 36.9 Å². The molecule has 1 fully saturated rings. The van der Waals surface area contributed by atoms with Crippen LogP contribution < -0.4 is 9.80 Å². The summed E-state index contributed by atoms with van der Waals surface area (Å²) in [4.78, 5) is 17.3. The summed E-state index contributed by atoms with van der Waals surface area (Å²) in [6, 6.07) is 4.03. The van der Waals surface area contributed by atoms with Crippen molar-refractivity contribution in [2.24, 2.45) is 10.9 Å². The molecule has 2 unspecified atom stereocenters. The molecule has 0 bridgehead atoms. The average molecular weight is 399 g/mol. The molecule has 1 saturated heterocycles. The van der Waals surface area contributed by atoms with Crippen LogP contribution in [0.3, 0.4) is 0 Å². The highest BCUT2D eigenvalue weighted by molar-refractivity contribution is 5.70. The summed E-state index contributed by atoms with van der Waals surface area (Å²) in [5.41, 5.74) is 4.13. The van der Waals surface area contributed by atoms with Crippen LogP contribution in [0.2, 0.25) is 0 Å². The van der Waals surface area contributed by atoms with Crippen molar-refractivity contribution in [3.63, 3.8) is 0 Å². The smallest absolute Gasteiger partial charge is 0.282 e. The predicted octanol–water partition coefficient (Wildman–Crippen LogP) is 5.11. The zero-order valence-electron chi connectivity index (χ0n) is 17.4. The van der Waals surface area contributed by atoms with Crippen molar-refractivity contribution in [2.45, 2.75) is 45.5 Å². The van der Waals surface area contributed by atoms with Gasteiger partial charge in [-0.2, -0.15) is 0 Å². The maximum atomic E-state index is 13.2. The first-order valence-corrected chi connectivity index (χ1v) is 10.2. The number of aliphatic imine (C=N–C) groups is 1. The Bertz CT molecular complexity index is 935. The Kier molecular flexibility index (Phi) is 5.00. The predicted molar refractivity (Wildman–Crippen MR) is 113 cm³/mol. The second-order valence-electron chi connectivity index (χ2n) is 8.21. The van der Waals surface area contributed by atoms with Crippen LogP contribution >= 0.6 is 0 Å². The number of hydrogen-bond donors (Lipinski definition) is 0. The van der Waals surface area contributed by atoms with Gasteiger partial charge in [-0.05, 0) is 47.9 Å². The van der Waals surface area contributed by atoms with Gasteiger partial charge in [-0.25, -0.2) is 18.7 Å². The lowest BCUT2D eigenvalue weighted by Crippen LogP contribution is -2.56. The fraction of sp³-hybridized carbons (Fsp3) is 0.500. The van der Waals surface area contributed by atoms with Gasteiger partial charge in [-0.1, -0.05) is 20.8 Å². The third-order valence-electron chi connectivity index (χ3n) is 6.16. The lowest BCUT2D eigenvalue weighted by Gasteiger charge is -2.39. The Morgan fingerprint density at radius 1 is 1.17 bits per heavy atom. The number of aromatic nitrogens is 2. The number of alkyl halides is 2. The molecule has 2 atom stereocenters. The molecule has 0 amide bonds. The van der Waals surface area contributed by atoms with E-state index in [-0.39, 0.29) is 13.1 Å². The number of hydrogen-bond acceptors (Lipinski definition) is 5. The Balaban J connectivity index is 1.64. The van der Waals surface area contributed by atoms with Gasteiger partial charge in [0, 0.05) is 13.3 Å². The zero-order valence-corrected chi connectivity index (χ0v) is 17.4. The van der Waals surface area contributed by atoms with Crippen LogP contribution in [0, 0.1) is 5.92 Å². The number of nitrogens with zero attached hydrogens (tertiary/aromatic N) is 5. The third-order valence-corrected chi connectivity index (χ3v) is 6.16. The Morgan fingerprint density at radius 3 is 2.62 bits per heavy atom. The SMILES string of the molecule is CCc1cc(N2CC(F)(F)C2)ncc1N(C)c1cc2c(cn1)N=CCC(C)C2C. The van der Waals surface area contributed by atoms with E-state index in [4.69, 9.17) is 0 Å². The van der Waals surface area contributed by atoms with E-state index >= 15 is 0 Å². The molecule has 0 saturated carbocycles. The van der Waals surface area contributed by atoms with E-state index in [9.17, 15) is 8.78 Å². The van der Waals surface area contributed by atoms with Crippen molar-refractivity contribution in [3.8, 4) is 0 Å². The molecule has 2 aromatic rings. The molecule has 2 aliphatic rings. The maximum absolute atomic E-state index is 13.2. The molecule has 4 rings (SSSR count). The van der Waals surface area contributed by atoms with Crippen molar-refractivity contribution in [1.29, 1.82) is 0 Å². The summed E-state index contributed by atoms with van der Waals surface area (Å²) < 4.78 is 26.4. The van der Waals surface area contributed by atoms with E-state index < -0.39 is 5.92 Å². The molecular formula is C22H27F2N5. The molecule has 7 heteroatoms. The zero-order chi connectivity index (χ0) is 20.8. The highest BCUT2D eigenvalue weighted by Gasteiger charge is 2.44. The second kappa shape index (κ2) is 7.35. The van der Waals surface area contributed by atoms with Gasteiger partial charge in [-0.3, -0.25) is 4.99 Å². The minimum absolute atomic E-state index is 0.263. The Morgan fingerprint density at radius 2 is 1.93 bits per heavy atom. The molecule has 0 spiro atoms. The van der Waals surface area contributed by atoms with Crippen LogP contribution in [-0.4, -0.2) is 42.2 Å². The Labute approximate surface area is 170 Å². The first-order chi connectivity index (χ1) is 13.8. The number of halogens is 2. The van der Waals surface area contributed by atoms with Crippen LogP contribution in [0.4, 0.5) is 31.8 Å². The van der Waals surface area contributed by atoms with E-state index in [1.807, 2.05) is 30.4 Å². The summed E-state index contributed by atoms with van der Waals surface area (Å²) >= 11 is 0. The van der Waals surface area contributed by atoms with Crippen LogP contribution in [-0.2, 0) is 6.42 Å². The lowest BCUT2D eigenvalue weighted by molar-refractivity contribution is -0.0267. The number of aryl methyl sites for hydroxylation is 1. The van der Waals surface area contributed by atoms with Crippen molar-refractivity contribution < 1.29 is 8.78 Å². The van der Waals surface area contributed by atoms with Gasteiger partial charge in [0.2, 0.25) is 0 Å². The quantitative estimate of drug-likeness (QED) is 0.717. The van der Waals surface area contributed by atoms with Crippen LogP contribution in [0.1, 0.15) is 44.2 Å². The topological polar surface area (TPSA) is 44.6 Å². The summed E-state index contributed by atoms with van der Waals surface area (Å²) in [6.07, 6.45) is 7.32. The normalized spacial score (nSPS) is 22.6. The van der Waals surface area contributed by atoms with Gasteiger partial charge < -0.3 is 9.80 Å². The highest BCUT2D eigenvalue weighted by Crippen LogP contribution is 2.38. The van der Waals surface area contributed by atoms with Crippen LogP contribution in [0.25, 0.3) is 0 Å². The van der Waals surface area contributed by atoms with E-state index in [0.717, 1.165) is 35.6 Å². The first-order valence-electron chi connectivity index (χ1n) is 10.2. The summed E-state index contributed by atoms with van der Waals surface area (Å²) in [6.45, 7) is 6.01. The monoisotopic (exact) mass is 399 g/mol. The average Bonchev–Trinajstić information content (AvgIpc) is 2.83. The third kappa shape index (κ3) is 3.70. The fourth-order valence-corrected chi connectivity index (χ4v) is 3.97. The maximum Gasteiger partial charge on any atom is 0.282 e. The molecule has 0 aliphatic carbocycles. The molecule has 0 N–H and O–H groups in total. The number of anilines is 3. The standard InChI is InChI=1S/C22H27F2N5/c1-5-16-8-21(29-12-22(23,24)13-29)27-11-19(16)28(4)20-9-17-15(3)14(2)6-7-25-18(17)10-26-20/h7-11,14-15H,5-6,12-13H2,1-4H3. The molecule has 2 aliphatic heterocycles. The van der Waals surface area contributed by atoms with E-state index in [0.29, 0.717) is 17.7 Å². The van der Waals surface area contributed by atoms with Crippen molar-refractivity contribution >= 4 is 29.2 Å². The van der Waals surface area contributed by atoms with E-state index in [1.165, 1.54) is 5.56 Å². The summed E-state index contributed by atoms with van der Waals surface area (Å²) in [7, 11) is 1.97. The molecule has 0 aromatic carbocycles. The molecule has 154 valence electrons. The summed E-state index contributed by atoms with van der Waals surface area (Å²) in [5.74, 6) is -0.258. The van der Waals surface area contributed by atoms with Crippen LogP contribution in [0.15, 0.2) is 29.5 Å². The number of rotatable bonds is 4. The number of pyridine rings is 2. The van der Waals surface area contributed by atoms with Crippen LogP contribution in [0.5, 0.6) is 0 Å². The minimum Gasteiger partial charge on any atom is -0.344 e. The largest absolute Gasteiger partial charge is 0.344 e. The molecule has 0 radical (unpaired) electrons. The molecular weight excluding hydrogens is 372 g/mol. The van der Waals surface area contributed by atoms with Crippen molar-refractivity contribution in [3.05, 3.63) is 35.7 Å². The van der Waals surface area contributed by atoms with E-state index in [2.05, 4.69) is 41.8 Å². The summed E-state index contributed by atoms with van der Waals surface area (Å²) in [5, 5.41) is 0. The minimum atomic E-state index is -2.61. The molecule has 5 nitrogen and oxygen atoms in total. The lowest BCUT2D eigenvalue weighted by atomic mass is 9.87. The van der Waals surface area contributed by atoms with Gasteiger partial charge in [0.1, 0.15) is 11.6 Å². The highest BCUT2D eigenvalue weighted by atomic mass is 19.3. The molecule has 29 heavy (non-hydrogen) atoms. The Hall–Kier alpha value is -2.57. The van der Waals surface area contributed by atoms with Crippen molar-refractivity contribution in [2.75, 3.05) is 29.9 Å². The van der Waals surface area contributed by atoms with Gasteiger partial charge >= 0.3 is 0 Å². The van der Waals surface area contributed by atoms with Gasteiger partial charge in [-0.15, -0.1) is 0 Å².